The Morgan fingerprint density at radius 1 is 1.34 bits per heavy atom. The zero-order valence-electron chi connectivity index (χ0n) is 16.9. The monoisotopic (exact) mass is 412 g/mol. The molecule has 29 heavy (non-hydrogen) atoms. The first-order valence-corrected chi connectivity index (χ1v) is 10.2. The van der Waals surface area contributed by atoms with Crippen LogP contribution in [-0.2, 0) is 19.4 Å². The predicted molar refractivity (Wildman–Crippen MR) is 112 cm³/mol. The molecule has 0 fully saturated rings. The van der Waals surface area contributed by atoms with Gasteiger partial charge in [0.2, 0.25) is 0 Å². The SMILES string of the molecule is CC(C)(C)C1CCc2onc(C(=O)Nc3ccn(Cc4cccc(Cl)c4)n3)c2C1. The van der Waals surface area contributed by atoms with Gasteiger partial charge in [-0.25, -0.2) is 0 Å². The van der Waals surface area contributed by atoms with Gasteiger partial charge in [0.15, 0.2) is 11.5 Å². The number of anilines is 1. The van der Waals surface area contributed by atoms with Gasteiger partial charge < -0.3 is 9.84 Å². The minimum atomic E-state index is -0.280. The maximum Gasteiger partial charge on any atom is 0.279 e. The van der Waals surface area contributed by atoms with Crippen molar-refractivity contribution in [2.75, 3.05) is 5.32 Å². The lowest BCUT2D eigenvalue weighted by atomic mass is 9.71. The van der Waals surface area contributed by atoms with E-state index in [-0.39, 0.29) is 11.3 Å². The summed E-state index contributed by atoms with van der Waals surface area (Å²) >= 11 is 6.04. The molecule has 0 spiro atoms. The summed E-state index contributed by atoms with van der Waals surface area (Å²) in [5.74, 6) is 1.54. The second-order valence-electron chi connectivity index (χ2n) is 8.72. The number of hydrogen-bond acceptors (Lipinski definition) is 4. The van der Waals surface area contributed by atoms with Crippen LogP contribution in [-0.4, -0.2) is 20.8 Å². The van der Waals surface area contributed by atoms with E-state index in [0.717, 1.165) is 36.1 Å². The van der Waals surface area contributed by atoms with Crippen LogP contribution in [0.3, 0.4) is 0 Å². The third-order valence-corrected chi connectivity index (χ3v) is 5.83. The minimum absolute atomic E-state index is 0.182. The Morgan fingerprint density at radius 3 is 2.93 bits per heavy atom. The third-order valence-electron chi connectivity index (χ3n) is 5.60. The maximum atomic E-state index is 12.8. The summed E-state index contributed by atoms with van der Waals surface area (Å²) in [7, 11) is 0. The van der Waals surface area contributed by atoms with Crippen molar-refractivity contribution in [3.05, 3.63) is 64.1 Å². The number of nitrogens with one attached hydrogen (secondary N) is 1. The number of nitrogens with zero attached hydrogens (tertiary/aromatic N) is 3. The van der Waals surface area contributed by atoms with Gasteiger partial charge in [-0.15, -0.1) is 0 Å². The Bertz CT molecular complexity index is 1030. The molecule has 3 aromatic rings. The first-order chi connectivity index (χ1) is 13.8. The molecule has 0 bridgehead atoms. The van der Waals surface area contributed by atoms with Crippen molar-refractivity contribution in [2.45, 2.75) is 46.6 Å². The largest absolute Gasteiger partial charge is 0.360 e. The fourth-order valence-corrected chi connectivity index (χ4v) is 4.05. The van der Waals surface area contributed by atoms with Crippen molar-refractivity contribution < 1.29 is 9.32 Å². The van der Waals surface area contributed by atoms with Crippen LogP contribution < -0.4 is 5.32 Å². The summed E-state index contributed by atoms with van der Waals surface area (Å²) in [5.41, 5.74) is 2.53. The van der Waals surface area contributed by atoms with Crippen molar-refractivity contribution in [3.63, 3.8) is 0 Å². The molecule has 1 atom stereocenters. The quantitative estimate of drug-likeness (QED) is 0.656. The molecule has 7 heteroatoms. The standard InChI is InChI=1S/C22H25ClN4O2/c1-22(2,3)15-7-8-18-17(12-15)20(26-29-18)21(28)24-19-9-10-27(25-19)13-14-5-4-6-16(23)11-14/h4-6,9-11,15H,7-8,12-13H2,1-3H3,(H,24,25,28). The Morgan fingerprint density at radius 2 is 2.17 bits per heavy atom. The Kier molecular flexibility index (Phi) is 5.21. The van der Waals surface area contributed by atoms with Crippen LogP contribution >= 0.6 is 11.6 Å². The maximum absolute atomic E-state index is 12.8. The molecule has 2 heterocycles. The fraction of sp³-hybridized carbons (Fsp3) is 0.409. The molecule has 1 aliphatic rings. The first kappa shape index (κ1) is 19.7. The van der Waals surface area contributed by atoms with Crippen molar-refractivity contribution in [1.82, 2.24) is 14.9 Å². The number of carbonyl (C=O) groups excluding carboxylic acids is 1. The van der Waals surface area contributed by atoms with Gasteiger partial charge in [-0.05, 0) is 41.9 Å². The van der Waals surface area contributed by atoms with Crippen LogP contribution in [0.5, 0.6) is 0 Å². The van der Waals surface area contributed by atoms with Gasteiger partial charge in [-0.3, -0.25) is 9.48 Å². The van der Waals surface area contributed by atoms with E-state index in [2.05, 4.69) is 36.3 Å². The highest BCUT2D eigenvalue weighted by molar-refractivity contribution is 6.30. The van der Waals surface area contributed by atoms with Crippen molar-refractivity contribution in [3.8, 4) is 0 Å². The molecule has 152 valence electrons. The highest BCUT2D eigenvalue weighted by atomic mass is 35.5. The van der Waals surface area contributed by atoms with Gasteiger partial charge in [0, 0.05) is 29.3 Å². The lowest BCUT2D eigenvalue weighted by molar-refractivity contribution is 0.101. The molecule has 0 aliphatic heterocycles. The second-order valence-corrected chi connectivity index (χ2v) is 9.16. The average Bonchev–Trinajstić information content (AvgIpc) is 3.27. The molecule has 0 radical (unpaired) electrons. The predicted octanol–water partition coefficient (Wildman–Crippen LogP) is 4.98. The number of rotatable bonds is 4. The van der Waals surface area contributed by atoms with E-state index < -0.39 is 0 Å². The Balaban J connectivity index is 1.46. The first-order valence-electron chi connectivity index (χ1n) is 9.86. The zero-order chi connectivity index (χ0) is 20.6. The van der Waals surface area contributed by atoms with E-state index in [1.807, 2.05) is 30.5 Å². The molecule has 1 amide bonds. The molecule has 6 nitrogen and oxygen atoms in total. The number of fused-ring (bicyclic) bond motifs is 1. The van der Waals surface area contributed by atoms with Crippen molar-refractivity contribution in [2.24, 2.45) is 11.3 Å². The number of carbonyl (C=O) groups is 1. The lowest BCUT2D eigenvalue weighted by Gasteiger charge is -2.33. The van der Waals surface area contributed by atoms with E-state index in [0.29, 0.717) is 29.0 Å². The smallest absolute Gasteiger partial charge is 0.279 e. The van der Waals surface area contributed by atoms with Crippen LogP contribution in [0.4, 0.5) is 5.82 Å². The molecule has 1 unspecified atom stereocenters. The van der Waals surface area contributed by atoms with Crippen LogP contribution in [0.15, 0.2) is 41.1 Å². The Labute approximate surface area is 175 Å². The van der Waals surface area contributed by atoms with Crippen LogP contribution in [0.1, 0.15) is 54.6 Å². The number of halogens is 1. The molecule has 2 aromatic heterocycles. The zero-order valence-corrected chi connectivity index (χ0v) is 17.7. The summed E-state index contributed by atoms with van der Waals surface area (Å²) < 4.78 is 7.21. The van der Waals surface area contributed by atoms with Gasteiger partial charge >= 0.3 is 0 Å². The summed E-state index contributed by atoms with van der Waals surface area (Å²) in [6.45, 7) is 7.29. The summed E-state index contributed by atoms with van der Waals surface area (Å²) in [6.07, 6.45) is 4.52. The topological polar surface area (TPSA) is 73.0 Å². The van der Waals surface area contributed by atoms with E-state index in [4.69, 9.17) is 16.1 Å². The molecule has 1 aliphatic carbocycles. The molecule has 0 saturated carbocycles. The van der Waals surface area contributed by atoms with E-state index in [9.17, 15) is 4.79 Å². The molecular formula is C22H25ClN4O2. The molecule has 1 N–H and O–H groups in total. The van der Waals surface area contributed by atoms with Crippen molar-refractivity contribution in [1.29, 1.82) is 0 Å². The fourth-order valence-electron chi connectivity index (χ4n) is 3.84. The number of amides is 1. The third kappa shape index (κ3) is 4.37. The summed E-state index contributed by atoms with van der Waals surface area (Å²) in [4.78, 5) is 12.8. The number of aromatic nitrogens is 3. The highest BCUT2D eigenvalue weighted by Crippen LogP contribution is 2.38. The van der Waals surface area contributed by atoms with Crippen LogP contribution in [0.2, 0.25) is 5.02 Å². The van der Waals surface area contributed by atoms with E-state index in [1.54, 1.807) is 10.7 Å². The lowest BCUT2D eigenvalue weighted by Crippen LogP contribution is -2.27. The van der Waals surface area contributed by atoms with Crippen LogP contribution in [0.25, 0.3) is 0 Å². The minimum Gasteiger partial charge on any atom is -0.360 e. The van der Waals surface area contributed by atoms with Gasteiger partial charge in [0.1, 0.15) is 5.76 Å². The van der Waals surface area contributed by atoms with Gasteiger partial charge in [-0.2, -0.15) is 5.10 Å². The molecular weight excluding hydrogens is 388 g/mol. The van der Waals surface area contributed by atoms with Crippen LogP contribution in [0, 0.1) is 11.3 Å². The van der Waals surface area contributed by atoms with Gasteiger partial charge in [0.25, 0.3) is 5.91 Å². The summed E-state index contributed by atoms with van der Waals surface area (Å²) in [5, 5.41) is 12.0. The number of aryl methyl sites for hydroxylation is 1. The number of hydrogen-bond donors (Lipinski definition) is 1. The van der Waals surface area contributed by atoms with Gasteiger partial charge in [-0.1, -0.05) is 49.7 Å². The van der Waals surface area contributed by atoms with Crippen molar-refractivity contribution >= 4 is 23.3 Å². The molecule has 1 aromatic carbocycles. The normalized spacial score (nSPS) is 16.5. The Hall–Kier alpha value is -2.60. The van der Waals surface area contributed by atoms with Gasteiger partial charge in [0.05, 0.1) is 6.54 Å². The van der Waals surface area contributed by atoms with E-state index in [1.165, 1.54) is 0 Å². The molecule has 4 rings (SSSR count). The highest BCUT2D eigenvalue weighted by Gasteiger charge is 2.34. The average molecular weight is 413 g/mol. The van der Waals surface area contributed by atoms with E-state index >= 15 is 0 Å². The molecule has 0 saturated heterocycles. The number of benzene rings is 1. The summed E-state index contributed by atoms with van der Waals surface area (Å²) in [6, 6.07) is 9.39. The second kappa shape index (κ2) is 7.67.